The number of guanidine groups is 1. The summed E-state index contributed by atoms with van der Waals surface area (Å²) in [7, 11) is 1.71. The Bertz CT molecular complexity index is 171. The molecule has 0 saturated heterocycles. The van der Waals surface area contributed by atoms with Crippen molar-refractivity contribution < 1.29 is 0 Å². The van der Waals surface area contributed by atoms with Gasteiger partial charge in [-0.05, 0) is 25.7 Å². The van der Waals surface area contributed by atoms with Crippen LogP contribution in [-0.4, -0.2) is 25.1 Å². The van der Waals surface area contributed by atoms with Crippen LogP contribution in [0.2, 0.25) is 0 Å². The molecular formula is C8H19N5. The number of nitrogens with one attached hydrogen (secondary N) is 2. The van der Waals surface area contributed by atoms with Crippen molar-refractivity contribution in [2.24, 2.45) is 16.6 Å². The maximum absolute atomic E-state index is 5.79. The van der Waals surface area contributed by atoms with E-state index in [4.69, 9.17) is 11.6 Å². The van der Waals surface area contributed by atoms with Crippen molar-refractivity contribution in [3.05, 3.63) is 0 Å². The standard InChI is InChI=1S/C8H19N5/c1-11-8(13-10)12-7-4-2-6(9)3-5-7/h6-7H,2-5,9-10H2,1H3,(H2,11,12,13). The van der Waals surface area contributed by atoms with Gasteiger partial charge in [0.2, 0.25) is 5.96 Å². The predicted octanol–water partition coefficient (Wildman–Crippen LogP) is -0.705. The van der Waals surface area contributed by atoms with Gasteiger partial charge in [-0.1, -0.05) is 0 Å². The molecule has 0 unspecified atom stereocenters. The van der Waals surface area contributed by atoms with Crippen LogP contribution in [0, 0.1) is 0 Å². The lowest BCUT2D eigenvalue weighted by molar-refractivity contribution is 0.371. The van der Waals surface area contributed by atoms with Crippen molar-refractivity contribution in [3.63, 3.8) is 0 Å². The molecular weight excluding hydrogens is 166 g/mol. The third kappa shape index (κ3) is 3.20. The summed E-state index contributed by atoms with van der Waals surface area (Å²) in [4.78, 5) is 3.96. The molecule has 0 heterocycles. The number of hydrogen-bond acceptors (Lipinski definition) is 3. The Labute approximate surface area is 78.9 Å². The number of rotatable bonds is 1. The molecule has 0 aromatic carbocycles. The van der Waals surface area contributed by atoms with E-state index in [1.807, 2.05) is 0 Å². The van der Waals surface area contributed by atoms with Crippen molar-refractivity contribution in [1.29, 1.82) is 0 Å². The van der Waals surface area contributed by atoms with Gasteiger partial charge in [0.1, 0.15) is 0 Å². The SMILES string of the molecule is CN=C(NN)NC1CCC(N)CC1. The zero-order valence-electron chi connectivity index (χ0n) is 8.09. The number of nitrogens with zero attached hydrogens (tertiary/aromatic N) is 1. The summed E-state index contributed by atoms with van der Waals surface area (Å²) in [5, 5.41) is 3.23. The Kier molecular flexibility index (Phi) is 3.98. The molecule has 13 heavy (non-hydrogen) atoms. The van der Waals surface area contributed by atoms with Crippen molar-refractivity contribution in [3.8, 4) is 0 Å². The van der Waals surface area contributed by atoms with Gasteiger partial charge in [0.15, 0.2) is 0 Å². The van der Waals surface area contributed by atoms with Crippen molar-refractivity contribution >= 4 is 5.96 Å². The number of hydrazine groups is 1. The number of hydrogen-bond donors (Lipinski definition) is 4. The van der Waals surface area contributed by atoms with E-state index in [1.165, 1.54) is 0 Å². The highest BCUT2D eigenvalue weighted by Gasteiger charge is 2.18. The molecule has 0 bridgehead atoms. The molecule has 76 valence electrons. The third-order valence-electron chi connectivity index (χ3n) is 2.47. The largest absolute Gasteiger partial charge is 0.353 e. The highest BCUT2D eigenvalue weighted by atomic mass is 15.3. The first-order valence-corrected chi connectivity index (χ1v) is 4.71. The second-order valence-corrected chi connectivity index (χ2v) is 3.47. The minimum atomic E-state index is 0.380. The van der Waals surface area contributed by atoms with Crippen molar-refractivity contribution in [1.82, 2.24) is 10.7 Å². The fourth-order valence-electron chi connectivity index (χ4n) is 1.63. The predicted molar refractivity (Wildman–Crippen MR) is 54.0 cm³/mol. The smallest absolute Gasteiger partial charge is 0.205 e. The molecule has 6 N–H and O–H groups in total. The van der Waals surface area contributed by atoms with Crippen LogP contribution in [-0.2, 0) is 0 Å². The van der Waals surface area contributed by atoms with Crippen LogP contribution in [0.5, 0.6) is 0 Å². The fourth-order valence-corrected chi connectivity index (χ4v) is 1.63. The molecule has 0 aromatic rings. The maximum Gasteiger partial charge on any atom is 0.205 e. The molecule has 1 fully saturated rings. The van der Waals surface area contributed by atoms with E-state index in [0.717, 1.165) is 25.7 Å². The molecule has 0 spiro atoms. The normalized spacial score (nSPS) is 29.9. The molecule has 1 aliphatic carbocycles. The summed E-state index contributed by atoms with van der Waals surface area (Å²) < 4.78 is 0. The molecule has 1 aliphatic rings. The fraction of sp³-hybridized carbons (Fsp3) is 0.875. The summed E-state index contributed by atoms with van der Waals surface area (Å²) in [6.45, 7) is 0. The van der Waals surface area contributed by atoms with Gasteiger partial charge in [-0.3, -0.25) is 10.4 Å². The van der Waals surface area contributed by atoms with E-state index in [0.29, 0.717) is 18.0 Å². The minimum Gasteiger partial charge on any atom is -0.353 e. The van der Waals surface area contributed by atoms with Gasteiger partial charge < -0.3 is 11.1 Å². The lowest BCUT2D eigenvalue weighted by Gasteiger charge is -2.27. The summed E-state index contributed by atoms with van der Waals surface area (Å²) in [6.07, 6.45) is 4.36. The zero-order chi connectivity index (χ0) is 9.68. The van der Waals surface area contributed by atoms with E-state index in [1.54, 1.807) is 7.05 Å². The molecule has 0 amide bonds. The molecule has 0 atom stereocenters. The Morgan fingerprint density at radius 2 is 1.92 bits per heavy atom. The van der Waals surface area contributed by atoms with E-state index in [9.17, 15) is 0 Å². The number of aliphatic imine (C=N–C) groups is 1. The van der Waals surface area contributed by atoms with E-state index >= 15 is 0 Å². The van der Waals surface area contributed by atoms with Gasteiger partial charge in [-0.2, -0.15) is 0 Å². The van der Waals surface area contributed by atoms with E-state index in [-0.39, 0.29) is 0 Å². The Hall–Kier alpha value is -0.810. The molecule has 0 aromatic heterocycles. The topological polar surface area (TPSA) is 88.5 Å². The van der Waals surface area contributed by atoms with Gasteiger partial charge >= 0.3 is 0 Å². The highest BCUT2D eigenvalue weighted by molar-refractivity contribution is 5.79. The van der Waals surface area contributed by atoms with Crippen LogP contribution in [0.4, 0.5) is 0 Å². The van der Waals surface area contributed by atoms with Crippen molar-refractivity contribution in [2.45, 2.75) is 37.8 Å². The van der Waals surface area contributed by atoms with Gasteiger partial charge in [0.25, 0.3) is 0 Å². The first kappa shape index (κ1) is 10.3. The van der Waals surface area contributed by atoms with Crippen LogP contribution in [0.1, 0.15) is 25.7 Å². The summed E-state index contributed by atoms with van der Waals surface area (Å²) in [5.74, 6) is 5.91. The van der Waals surface area contributed by atoms with Crippen LogP contribution in [0.25, 0.3) is 0 Å². The molecule has 5 nitrogen and oxygen atoms in total. The average molecular weight is 185 g/mol. The molecule has 5 heteroatoms. The lowest BCUT2D eigenvalue weighted by Crippen LogP contribution is -2.48. The molecule has 0 aliphatic heterocycles. The summed E-state index contributed by atoms with van der Waals surface area (Å²) in [5.41, 5.74) is 8.31. The van der Waals surface area contributed by atoms with Gasteiger partial charge in [-0.15, -0.1) is 0 Å². The van der Waals surface area contributed by atoms with Crippen LogP contribution < -0.4 is 22.3 Å². The van der Waals surface area contributed by atoms with Gasteiger partial charge in [0.05, 0.1) is 0 Å². The highest BCUT2D eigenvalue weighted by Crippen LogP contribution is 2.16. The monoisotopic (exact) mass is 185 g/mol. The Balaban J connectivity index is 2.29. The maximum atomic E-state index is 5.79. The van der Waals surface area contributed by atoms with Gasteiger partial charge in [0, 0.05) is 19.1 Å². The van der Waals surface area contributed by atoms with Crippen LogP contribution in [0.15, 0.2) is 4.99 Å². The zero-order valence-corrected chi connectivity index (χ0v) is 8.09. The van der Waals surface area contributed by atoms with E-state index in [2.05, 4.69) is 15.7 Å². The number of nitrogens with two attached hydrogens (primary N) is 2. The minimum absolute atomic E-state index is 0.380. The summed E-state index contributed by atoms with van der Waals surface area (Å²) >= 11 is 0. The van der Waals surface area contributed by atoms with Gasteiger partial charge in [-0.25, -0.2) is 5.84 Å². The second kappa shape index (κ2) is 5.04. The molecule has 1 rings (SSSR count). The first-order valence-electron chi connectivity index (χ1n) is 4.71. The quantitative estimate of drug-likeness (QED) is 0.188. The third-order valence-corrected chi connectivity index (χ3v) is 2.47. The van der Waals surface area contributed by atoms with Crippen molar-refractivity contribution in [2.75, 3.05) is 7.05 Å². The molecule has 0 radical (unpaired) electrons. The lowest BCUT2D eigenvalue weighted by atomic mass is 9.92. The molecule has 1 saturated carbocycles. The van der Waals surface area contributed by atoms with Crippen LogP contribution >= 0.6 is 0 Å². The second-order valence-electron chi connectivity index (χ2n) is 3.47. The Morgan fingerprint density at radius 3 is 2.38 bits per heavy atom. The first-order chi connectivity index (χ1) is 6.26. The van der Waals surface area contributed by atoms with Crippen LogP contribution in [0.3, 0.4) is 0 Å². The average Bonchev–Trinajstić information content (AvgIpc) is 2.17. The Morgan fingerprint density at radius 1 is 1.31 bits per heavy atom. The summed E-state index contributed by atoms with van der Waals surface area (Å²) in [6, 6.07) is 0.848. The van der Waals surface area contributed by atoms with E-state index < -0.39 is 0 Å².